The van der Waals surface area contributed by atoms with Gasteiger partial charge in [-0.15, -0.1) is 0 Å². The Hall–Kier alpha value is -4.59. The predicted octanol–water partition coefficient (Wildman–Crippen LogP) is 7.55. The largest absolute Gasteiger partial charge is 0.416 e. The summed E-state index contributed by atoms with van der Waals surface area (Å²) in [6.07, 6.45) is -0.738. The van der Waals surface area contributed by atoms with E-state index in [0.29, 0.717) is 34.5 Å². The van der Waals surface area contributed by atoms with Crippen LogP contribution < -0.4 is 15.5 Å². The highest BCUT2D eigenvalue weighted by Crippen LogP contribution is 2.32. The number of alkyl halides is 3. The van der Waals surface area contributed by atoms with E-state index in [9.17, 15) is 22.8 Å². The van der Waals surface area contributed by atoms with Gasteiger partial charge in [0.15, 0.2) is 0 Å². The molecule has 5 nitrogen and oxygen atoms in total. The van der Waals surface area contributed by atoms with E-state index in [1.807, 2.05) is 12.1 Å². The highest BCUT2D eigenvalue weighted by Gasteiger charge is 2.30. The van der Waals surface area contributed by atoms with Gasteiger partial charge >= 0.3 is 6.18 Å². The number of amides is 2. The SMILES string of the molecule is O=C(NCc1ccc(N2CCCCC2)cc1)c1cccc(NC(=O)c2ccccc2-c2ccc(C(F)(F)F)cc2)c1. The van der Waals surface area contributed by atoms with Crippen molar-refractivity contribution in [3.05, 3.63) is 119 Å². The van der Waals surface area contributed by atoms with Crippen molar-refractivity contribution < 1.29 is 22.8 Å². The van der Waals surface area contributed by atoms with Crippen molar-refractivity contribution in [3.8, 4) is 11.1 Å². The van der Waals surface area contributed by atoms with Crippen molar-refractivity contribution in [2.24, 2.45) is 0 Å². The van der Waals surface area contributed by atoms with Crippen molar-refractivity contribution in [3.63, 3.8) is 0 Å². The van der Waals surface area contributed by atoms with Gasteiger partial charge in [-0.1, -0.05) is 48.5 Å². The number of nitrogens with one attached hydrogen (secondary N) is 2. The van der Waals surface area contributed by atoms with Crippen molar-refractivity contribution in [2.45, 2.75) is 32.0 Å². The van der Waals surface area contributed by atoms with Crippen LogP contribution in [0.3, 0.4) is 0 Å². The van der Waals surface area contributed by atoms with Gasteiger partial charge in [-0.2, -0.15) is 13.2 Å². The summed E-state index contributed by atoms with van der Waals surface area (Å²) in [6.45, 7) is 2.52. The second-order valence-electron chi connectivity index (χ2n) is 10.1. The zero-order valence-electron chi connectivity index (χ0n) is 22.4. The molecule has 210 valence electrons. The summed E-state index contributed by atoms with van der Waals surface area (Å²) >= 11 is 0. The number of halogens is 3. The first-order valence-corrected chi connectivity index (χ1v) is 13.6. The minimum atomic E-state index is -4.44. The molecule has 0 radical (unpaired) electrons. The van der Waals surface area contributed by atoms with Crippen LogP contribution in [0.15, 0.2) is 97.1 Å². The fourth-order valence-electron chi connectivity index (χ4n) is 4.97. The number of carbonyl (C=O) groups excluding carboxylic acids is 2. The molecule has 1 aliphatic rings. The number of benzene rings is 4. The van der Waals surface area contributed by atoms with E-state index in [1.165, 1.54) is 37.1 Å². The first-order chi connectivity index (χ1) is 19.8. The van der Waals surface area contributed by atoms with Crippen LogP contribution in [0, 0.1) is 0 Å². The molecule has 0 bridgehead atoms. The lowest BCUT2D eigenvalue weighted by molar-refractivity contribution is -0.137. The monoisotopic (exact) mass is 557 g/mol. The van der Waals surface area contributed by atoms with Crippen molar-refractivity contribution in [1.82, 2.24) is 5.32 Å². The van der Waals surface area contributed by atoms with E-state index in [2.05, 4.69) is 27.7 Å². The van der Waals surface area contributed by atoms with E-state index in [0.717, 1.165) is 30.8 Å². The molecule has 1 fully saturated rings. The van der Waals surface area contributed by atoms with Crippen LogP contribution in [0.5, 0.6) is 0 Å². The van der Waals surface area contributed by atoms with Crippen LogP contribution in [0.25, 0.3) is 11.1 Å². The van der Waals surface area contributed by atoms with E-state index in [1.54, 1.807) is 48.5 Å². The molecule has 8 heteroatoms. The number of hydrogen-bond donors (Lipinski definition) is 2. The summed E-state index contributed by atoms with van der Waals surface area (Å²) in [7, 11) is 0. The third-order valence-corrected chi connectivity index (χ3v) is 7.19. The van der Waals surface area contributed by atoms with Crippen molar-refractivity contribution >= 4 is 23.2 Å². The van der Waals surface area contributed by atoms with Crippen LogP contribution in [-0.2, 0) is 12.7 Å². The van der Waals surface area contributed by atoms with Crippen LogP contribution in [-0.4, -0.2) is 24.9 Å². The molecule has 0 atom stereocenters. The Morgan fingerprint density at radius 2 is 1.46 bits per heavy atom. The fraction of sp³-hybridized carbons (Fsp3) is 0.212. The smallest absolute Gasteiger partial charge is 0.372 e. The first-order valence-electron chi connectivity index (χ1n) is 13.6. The molecule has 0 spiro atoms. The van der Waals surface area contributed by atoms with E-state index in [-0.39, 0.29) is 5.91 Å². The molecule has 0 saturated carbocycles. The average molecular weight is 558 g/mol. The predicted molar refractivity (Wildman–Crippen MR) is 155 cm³/mol. The zero-order valence-corrected chi connectivity index (χ0v) is 22.4. The molecule has 1 heterocycles. The summed E-state index contributed by atoms with van der Waals surface area (Å²) in [5, 5.41) is 5.73. The number of nitrogens with zero attached hydrogens (tertiary/aromatic N) is 1. The van der Waals surface area contributed by atoms with Gasteiger partial charge in [0.05, 0.1) is 5.56 Å². The zero-order chi connectivity index (χ0) is 28.8. The summed E-state index contributed by atoms with van der Waals surface area (Å²) in [4.78, 5) is 28.4. The highest BCUT2D eigenvalue weighted by atomic mass is 19.4. The van der Waals surface area contributed by atoms with Gasteiger partial charge in [-0.3, -0.25) is 9.59 Å². The summed E-state index contributed by atoms with van der Waals surface area (Å²) in [5.74, 6) is -0.710. The van der Waals surface area contributed by atoms with Gasteiger partial charge in [0.1, 0.15) is 0 Å². The lowest BCUT2D eigenvalue weighted by atomic mass is 9.98. The lowest BCUT2D eigenvalue weighted by Crippen LogP contribution is -2.29. The third-order valence-electron chi connectivity index (χ3n) is 7.19. The van der Waals surface area contributed by atoms with E-state index in [4.69, 9.17) is 0 Å². The Balaban J connectivity index is 1.23. The lowest BCUT2D eigenvalue weighted by Gasteiger charge is -2.28. The maximum absolute atomic E-state index is 13.2. The standard InChI is InChI=1S/C33H30F3N3O2/c34-33(35,36)26-15-13-24(14-16-26)29-9-2-3-10-30(29)32(41)38-27-8-6-7-25(21-27)31(40)37-22-23-11-17-28(18-12-23)39-19-4-1-5-20-39/h2-3,6-18,21H,1,4-5,19-20,22H2,(H,37,40)(H,38,41). The second-order valence-corrected chi connectivity index (χ2v) is 10.1. The number of anilines is 2. The first kappa shape index (κ1) is 28.0. The molecule has 0 aliphatic carbocycles. The molecule has 4 aromatic carbocycles. The van der Waals surface area contributed by atoms with E-state index < -0.39 is 17.6 Å². The molecule has 2 amide bonds. The molecule has 5 rings (SSSR count). The molecular weight excluding hydrogens is 527 g/mol. The number of hydrogen-bond acceptors (Lipinski definition) is 3. The number of carbonyl (C=O) groups is 2. The Kier molecular flexibility index (Phi) is 8.38. The van der Waals surface area contributed by atoms with Gasteiger partial charge < -0.3 is 15.5 Å². The molecule has 4 aromatic rings. The quantitative estimate of drug-likeness (QED) is 0.247. The average Bonchev–Trinajstić information content (AvgIpc) is 3.00. The molecular formula is C33H30F3N3O2. The number of rotatable bonds is 7. The molecule has 2 N–H and O–H groups in total. The topological polar surface area (TPSA) is 61.4 Å². The summed E-state index contributed by atoms with van der Waals surface area (Å²) < 4.78 is 38.9. The van der Waals surface area contributed by atoms with Gasteiger partial charge in [0, 0.05) is 42.1 Å². The second kappa shape index (κ2) is 12.3. The Bertz CT molecular complexity index is 1510. The molecule has 1 aliphatic heterocycles. The molecule has 1 saturated heterocycles. The van der Waals surface area contributed by atoms with Gasteiger partial charge in [0.25, 0.3) is 11.8 Å². The molecule has 0 aromatic heterocycles. The maximum atomic E-state index is 13.2. The summed E-state index contributed by atoms with van der Waals surface area (Å²) in [6, 6.07) is 26.2. The fourth-order valence-corrected chi connectivity index (χ4v) is 4.97. The Labute approximate surface area is 237 Å². The van der Waals surface area contributed by atoms with Crippen molar-refractivity contribution in [1.29, 1.82) is 0 Å². The molecule has 0 unspecified atom stereocenters. The minimum Gasteiger partial charge on any atom is -0.372 e. The Morgan fingerprint density at radius 3 is 2.17 bits per heavy atom. The normalized spacial score (nSPS) is 13.5. The Morgan fingerprint density at radius 1 is 0.756 bits per heavy atom. The van der Waals surface area contributed by atoms with Crippen molar-refractivity contribution in [2.75, 3.05) is 23.3 Å². The molecule has 41 heavy (non-hydrogen) atoms. The van der Waals surface area contributed by atoms with Crippen LogP contribution in [0.1, 0.15) is 51.1 Å². The van der Waals surface area contributed by atoms with Gasteiger partial charge in [-0.25, -0.2) is 0 Å². The minimum absolute atomic E-state index is 0.272. The third kappa shape index (κ3) is 6.95. The number of piperidine rings is 1. The van der Waals surface area contributed by atoms with Crippen LogP contribution in [0.4, 0.5) is 24.5 Å². The highest BCUT2D eigenvalue weighted by molar-refractivity contribution is 6.09. The van der Waals surface area contributed by atoms with E-state index >= 15 is 0 Å². The maximum Gasteiger partial charge on any atom is 0.416 e. The summed E-state index contributed by atoms with van der Waals surface area (Å²) in [5.41, 5.74) is 3.54. The van der Waals surface area contributed by atoms with Crippen LogP contribution in [0.2, 0.25) is 0 Å². The van der Waals surface area contributed by atoms with Gasteiger partial charge in [-0.05, 0) is 84.5 Å². The van der Waals surface area contributed by atoms with Crippen LogP contribution >= 0.6 is 0 Å². The van der Waals surface area contributed by atoms with Gasteiger partial charge in [0.2, 0.25) is 0 Å².